The lowest BCUT2D eigenvalue weighted by Crippen LogP contribution is -2.24. The van der Waals surface area contributed by atoms with Crippen LogP contribution in [-0.2, 0) is 11.2 Å². The minimum absolute atomic E-state index is 0.366. The lowest BCUT2D eigenvalue weighted by Gasteiger charge is -2.10. The Hall–Kier alpha value is -1.59. The van der Waals surface area contributed by atoms with Crippen molar-refractivity contribution < 1.29 is 24.5 Å². The fourth-order valence-electron chi connectivity index (χ4n) is 0.805. The number of carboxylic acids is 1. The van der Waals surface area contributed by atoms with Gasteiger partial charge in [-0.2, -0.15) is 0 Å². The second-order valence-corrected chi connectivity index (χ2v) is 3.13. The van der Waals surface area contributed by atoms with Crippen LogP contribution in [0.3, 0.4) is 0 Å². The molecule has 0 saturated heterocycles. The molecule has 5 heteroatoms. The SMILES string of the molecule is C=CC(=O)O.CC(O)C(O)Cc1ccco1. The van der Waals surface area contributed by atoms with E-state index in [9.17, 15) is 9.90 Å². The lowest BCUT2D eigenvalue weighted by molar-refractivity contribution is -0.131. The first kappa shape index (κ1) is 14.4. The van der Waals surface area contributed by atoms with Gasteiger partial charge in [0.15, 0.2) is 0 Å². The summed E-state index contributed by atoms with van der Waals surface area (Å²) in [4.78, 5) is 9.25. The summed E-state index contributed by atoms with van der Waals surface area (Å²) >= 11 is 0. The Labute approximate surface area is 93.6 Å². The number of carbonyl (C=O) groups is 1. The van der Waals surface area contributed by atoms with E-state index in [1.165, 1.54) is 0 Å². The largest absolute Gasteiger partial charge is 0.478 e. The van der Waals surface area contributed by atoms with Crippen LogP contribution in [0.1, 0.15) is 12.7 Å². The fraction of sp³-hybridized carbons (Fsp3) is 0.364. The molecule has 0 amide bonds. The smallest absolute Gasteiger partial charge is 0.327 e. The van der Waals surface area contributed by atoms with Crippen LogP contribution in [0.4, 0.5) is 0 Å². The number of aliphatic hydroxyl groups excluding tert-OH is 2. The van der Waals surface area contributed by atoms with Gasteiger partial charge in [0.25, 0.3) is 0 Å². The number of carboxylic acid groups (broad SMARTS) is 1. The van der Waals surface area contributed by atoms with E-state index in [1.54, 1.807) is 25.3 Å². The monoisotopic (exact) mass is 228 g/mol. The molecule has 3 N–H and O–H groups in total. The zero-order chi connectivity index (χ0) is 12.6. The van der Waals surface area contributed by atoms with E-state index in [4.69, 9.17) is 14.6 Å². The minimum Gasteiger partial charge on any atom is -0.478 e. The average Bonchev–Trinajstić information content (AvgIpc) is 2.71. The third kappa shape index (κ3) is 6.80. The van der Waals surface area contributed by atoms with Crippen molar-refractivity contribution in [3.05, 3.63) is 36.8 Å². The van der Waals surface area contributed by atoms with Crippen LogP contribution in [0.15, 0.2) is 35.5 Å². The summed E-state index contributed by atoms with van der Waals surface area (Å²) < 4.78 is 4.98. The lowest BCUT2D eigenvalue weighted by atomic mass is 10.1. The molecule has 0 bridgehead atoms. The first-order valence-corrected chi connectivity index (χ1v) is 4.71. The predicted octanol–water partition coefficient (Wildman–Crippen LogP) is 0.821. The number of rotatable bonds is 4. The maximum absolute atomic E-state index is 9.25. The highest BCUT2D eigenvalue weighted by Crippen LogP contribution is 2.06. The summed E-state index contributed by atoms with van der Waals surface area (Å²) in [7, 11) is 0. The number of hydrogen-bond acceptors (Lipinski definition) is 4. The molecule has 0 radical (unpaired) electrons. The second kappa shape index (κ2) is 7.67. The third-order valence-electron chi connectivity index (χ3n) is 1.72. The molecule has 0 aromatic carbocycles. The zero-order valence-corrected chi connectivity index (χ0v) is 9.04. The van der Waals surface area contributed by atoms with Gasteiger partial charge in [-0.25, -0.2) is 4.79 Å². The van der Waals surface area contributed by atoms with Crippen LogP contribution in [0.2, 0.25) is 0 Å². The molecule has 0 aliphatic carbocycles. The standard InChI is InChI=1S/C8H12O3.C3H4O2/c1-6(9)8(10)5-7-3-2-4-11-7;1-2-3(4)5/h2-4,6,8-10H,5H2,1H3;2H,1H2,(H,4,5). The molecule has 0 fully saturated rings. The van der Waals surface area contributed by atoms with Gasteiger partial charge < -0.3 is 19.7 Å². The average molecular weight is 228 g/mol. The van der Waals surface area contributed by atoms with Gasteiger partial charge in [-0.15, -0.1) is 0 Å². The van der Waals surface area contributed by atoms with E-state index in [0.29, 0.717) is 12.2 Å². The second-order valence-electron chi connectivity index (χ2n) is 3.13. The fourth-order valence-corrected chi connectivity index (χ4v) is 0.805. The Bertz CT molecular complexity index is 302. The van der Waals surface area contributed by atoms with Gasteiger partial charge in [0.1, 0.15) is 5.76 Å². The predicted molar refractivity (Wildman–Crippen MR) is 57.9 cm³/mol. The Morgan fingerprint density at radius 3 is 2.50 bits per heavy atom. The Kier molecular flexibility index (Phi) is 6.91. The summed E-state index contributed by atoms with van der Waals surface area (Å²) in [5.74, 6) is -0.289. The summed E-state index contributed by atoms with van der Waals surface area (Å²) in [6, 6.07) is 3.52. The molecule has 0 aliphatic rings. The van der Waals surface area contributed by atoms with E-state index in [0.717, 1.165) is 6.08 Å². The molecule has 0 spiro atoms. The van der Waals surface area contributed by atoms with Gasteiger partial charge in [0, 0.05) is 12.5 Å². The van der Waals surface area contributed by atoms with Crippen LogP contribution >= 0.6 is 0 Å². The van der Waals surface area contributed by atoms with Crippen LogP contribution in [0.5, 0.6) is 0 Å². The summed E-state index contributed by atoms with van der Waals surface area (Å²) in [6.45, 7) is 4.51. The van der Waals surface area contributed by atoms with Crippen molar-refractivity contribution in [2.24, 2.45) is 0 Å². The number of aliphatic hydroxyl groups is 2. The molecule has 0 aliphatic heterocycles. The normalized spacial score (nSPS) is 13.2. The highest BCUT2D eigenvalue weighted by Gasteiger charge is 2.12. The van der Waals surface area contributed by atoms with E-state index >= 15 is 0 Å². The van der Waals surface area contributed by atoms with Gasteiger partial charge in [0.2, 0.25) is 0 Å². The Balaban J connectivity index is 0.000000385. The topological polar surface area (TPSA) is 90.9 Å². The van der Waals surface area contributed by atoms with Crippen molar-refractivity contribution in [1.29, 1.82) is 0 Å². The van der Waals surface area contributed by atoms with E-state index in [1.807, 2.05) is 0 Å². The van der Waals surface area contributed by atoms with Gasteiger partial charge in [0.05, 0.1) is 18.5 Å². The first-order valence-electron chi connectivity index (χ1n) is 4.71. The van der Waals surface area contributed by atoms with Gasteiger partial charge in [-0.05, 0) is 19.1 Å². The quantitative estimate of drug-likeness (QED) is 0.664. The number of aliphatic carboxylic acids is 1. The number of hydrogen-bond donors (Lipinski definition) is 3. The number of furan rings is 1. The van der Waals surface area contributed by atoms with E-state index in [2.05, 4.69) is 6.58 Å². The zero-order valence-electron chi connectivity index (χ0n) is 9.04. The molecule has 16 heavy (non-hydrogen) atoms. The van der Waals surface area contributed by atoms with Crippen LogP contribution in [0.25, 0.3) is 0 Å². The van der Waals surface area contributed by atoms with E-state index in [-0.39, 0.29) is 0 Å². The molecule has 0 saturated carbocycles. The molecule has 1 aromatic rings. The van der Waals surface area contributed by atoms with Gasteiger partial charge >= 0.3 is 5.97 Å². The van der Waals surface area contributed by atoms with Crippen molar-refractivity contribution in [2.75, 3.05) is 0 Å². The van der Waals surface area contributed by atoms with E-state index < -0.39 is 18.2 Å². The minimum atomic E-state index is -0.981. The van der Waals surface area contributed by atoms with Crippen molar-refractivity contribution in [3.63, 3.8) is 0 Å². The molecule has 1 aromatic heterocycles. The molecular weight excluding hydrogens is 212 g/mol. The van der Waals surface area contributed by atoms with Gasteiger partial charge in [-0.3, -0.25) is 0 Å². The highest BCUT2D eigenvalue weighted by molar-refractivity contribution is 5.78. The molecule has 2 atom stereocenters. The molecule has 5 nitrogen and oxygen atoms in total. The summed E-state index contributed by atoms with van der Waals surface area (Å²) in [5.41, 5.74) is 0. The van der Waals surface area contributed by atoms with Crippen molar-refractivity contribution in [2.45, 2.75) is 25.6 Å². The summed E-state index contributed by atoms with van der Waals surface area (Å²) in [6.07, 6.45) is 1.30. The Morgan fingerprint density at radius 2 is 2.19 bits per heavy atom. The maximum Gasteiger partial charge on any atom is 0.327 e. The third-order valence-corrected chi connectivity index (χ3v) is 1.72. The van der Waals surface area contributed by atoms with Gasteiger partial charge in [-0.1, -0.05) is 6.58 Å². The van der Waals surface area contributed by atoms with Crippen molar-refractivity contribution in [1.82, 2.24) is 0 Å². The van der Waals surface area contributed by atoms with Crippen molar-refractivity contribution >= 4 is 5.97 Å². The Morgan fingerprint density at radius 1 is 1.62 bits per heavy atom. The first-order chi connectivity index (χ1) is 7.47. The highest BCUT2D eigenvalue weighted by atomic mass is 16.4. The van der Waals surface area contributed by atoms with Crippen LogP contribution in [-0.4, -0.2) is 33.5 Å². The molecule has 90 valence electrons. The van der Waals surface area contributed by atoms with Crippen molar-refractivity contribution in [3.8, 4) is 0 Å². The van der Waals surface area contributed by atoms with Crippen LogP contribution in [0, 0.1) is 0 Å². The summed E-state index contributed by atoms with van der Waals surface area (Å²) in [5, 5.41) is 25.7. The molecule has 1 heterocycles. The van der Waals surface area contributed by atoms with Crippen LogP contribution < -0.4 is 0 Å². The maximum atomic E-state index is 9.25. The molecule has 2 unspecified atom stereocenters. The molecule has 1 rings (SSSR count). The molecular formula is C11H16O5.